The standard InChI is InChI=1S/C17H21ClN2O2/c1-10-7-14(18)5-6-16(10)22-11(2)17(21)20-19-15-9-12-3-4-13(15)8-12/h5-7,11-13H,3-4,8-9H2,1-2H3,(H,20,21). The van der Waals surface area contributed by atoms with Gasteiger partial charge >= 0.3 is 0 Å². The molecule has 4 nitrogen and oxygen atoms in total. The number of hydrogen-bond donors (Lipinski definition) is 1. The molecule has 3 unspecified atom stereocenters. The van der Waals surface area contributed by atoms with E-state index in [9.17, 15) is 4.79 Å². The Hall–Kier alpha value is -1.55. The van der Waals surface area contributed by atoms with Crippen LogP contribution in [0.4, 0.5) is 0 Å². The molecule has 0 heterocycles. The van der Waals surface area contributed by atoms with Crippen molar-refractivity contribution < 1.29 is 9.53 Å². The number of rotatable bonds is 4. The Morgan fingerprint density at radius 1 is 1.45 bits per heavy atom. The van der Waals surface area contributed by atoms with Gasteiger partial charge in [0.25, 0.3) is 5.91 Å². The zero-order valence-electron chi connectivity index (χ0n) is 12.9. The number of hydrazone groups is 1. The zero-order chi connectivity index (χ0) is 15.7. The van der Waals surface area contributed by atoms with Crippen molar-refractivity contribution in [1.29, 1.82) is 0 Å². The van der Waals surface area contributed by atoms with Crippen molar-refractivity contribution in [2.24, 2.45) is 16.9 Å². The van der Waals surface area contributed by atoms with Crippen LogP contribution in [-0.4, -0.2) is 17.7 Å². The lowest BCUT2D eigenvalue weighted by atomic mass is 9.99. The highest BCUT2D eigenvalue weighted by Crippen LogP contribution is 2.42. The van der Waals surface area contributed by atoms with Gasteiger partial charge in [-0.2, -0.15) is 5.10 Å². The molecule has 1 amide bonds. The van der Waals surface area contributed by atoms with Crippen molar-refractivity contribution >= 4 is 23.2 Å². The number of carbonyl (C=O) groups excluding carboxylic acids is 1. The Morgan fingerprint density at radius 2 is 2.27 bits per heavy atom. The van der Waals surface area contributed by atoms with Crippen LogP contribution < -0.4 is 10.2 Å². The van der Waals surface area contributed by atoms with E-state index in [2.05, 4.69) is 10.5 Å². The van der Waals surface area contributed by atoms with Gasteiger partial charge in [0.15, 0.2) is 6.10 Å². The smallest absolute Gasteiger partial charge is 0.280 e. The molecule has 0 aromatic heterocycles. The second-order valence-corrected chi connectivity index (χ2v) is 6.77. The van der Waals surface area contributed by atoms with E-state index in [0.717, 1.165) is 23.6 Å². The second kappa shape index (κ2) is 6.29. The molecule has 2 bridgehead atoms. The highest BCUT2D eigenvalue weighted by atomic mass is 35.5. The van der Waals surface area contributed by atoms with Gasteiger partial charge in [0, 0.05) is 10.7 Å². The van der Waals surface area contributed by atoms with Crippen LogP contribution in [0.25, 0.3) is 0 Å². The summed E-state index contributed by atoms with van der Waals surface area (Å²) >= 11 is 5.92. The number of nitrogens with one attached hydrogen (secondary N) is 1. The minimum atomic E-state index is -0.595. The Labute approximate surface area is 135 Å². The fourth-order valence-electron chi connectivity index (χ4n) is 3.37. The Morgan fingerprint density at radius 3 is 2.91 bits per heavy atom. The third-order valence-electron chi connectivity index (χ3n) is 4.63. The maximum atomic E-state index is 12.1. The van der Waals surface area contributed by atoms with Crippen molar-refractivity contribution in [2.45, 2.75) is 45.6 Å². The lowest BCUT2D eigenvalue weighted by Gasteiger charge is -2.16. The molecule has 2 aliphatic carbocycles. The summed E-state index contributed by atoms with van der Waals surface area (Å²) in [6.07, 6.45) is 4.21. The van der Waals surface area contributed by atoms with E-state index in [4.69, 9.17) is 16.3 Å². The topological polar surface area (TPSA) is 50.7 Å². The van der Waals surface area contributed by atoms with Crippen LogP contribution in [0.2, 0.25) is 5.02 Å². The molecular formula is C17H21ClN2O2. The first kappa shape index (κ1) is 15.3. The van der Waals surface area contributed by atoms with E-state index in [-0.39, 0.29) is 5.91 Å². The molecule has 3 atom stereocenters. The van der Waals surface area contributed by atoms with E-state index < -0.39 is 6.10 Å². The quantitative estimate of drug-likeness (QED) is 0.860. The van der Waals surface area contributed by atoms with Gasteiger partial charge in [-0.05, 0) is 75.1 Å². The summed E-state index contributed by atoms with van der Waals surface area (Å²) in [6.45, 7) is 3.63. The first-order valence-electron chi connectivity index (χ1n) is 7.82. The monoisotopic (exact) mass is 320 g/mol. The maximum Gasteiger partial charge on any atom is 0.280 e. The summed E-state index contributed by atoms with van der Waals surface area (Å²) in [6, 6.07) is 5.35. The molecule has 2 saturated carbocycles. The number of aryl methyl sites for hydroxylation is 1. The van der Waals surface area contributed by atoms with Crippen molar-refractivity contribution in [3.05, 3.63) is 28.8 Å². The Bertz CT molecular complexity index is 615. The average molecular weight is 321 g/mol. The van der Waals surface area contributed by atoms with Crippen LogP contribution in [0.5, 0.6) is 5.75 Å². The van der Waals surface area contributed by atoms with E-state index >= 15 is 0 Å². The molecule has 118 valence electrons. The lowest BCUT2D eigenvalue weighted by Crippen LogP contribution is -2.34. The van der Waals surface area contributed by atoms with Gasteiger partial charge < -0.3 is 4.74 Å². The Balaban J connectivity index is 1.57. The summed E-state index contributed by atoms with van der Waals surface area (Å²) in [4.78, 5) is 12.1. The summed E-state index contributed by atoms with van der Waals surface area (Å²) in [5.41, 5.74) is 4.72. The molecule has 0 radical (unpaired) electrons. The SMILES string of the molecule is Cc1cc(Cl)ccc1OC(C)C(=O)NN=C1CC2CCC1C2. The maximum absolute atomic E-state index is 12.1. The molecule has 0 saturated heterocycles. The first-order valence-corrected chi connectivity index (χ1v) is 8.20. The molecule has 1 aromatic rings. The van der Waals surface area contributed by atoms with E-state index in [1.165, 1.54) is 19.3 Å². The van der Waals surface area contributed by atoms with Gasteiger partial charge in [-0.15, -0.1) is 0 Å². The Kier molecular flexibility index (Phi) is 4.39. The number of ether oxygens (including phenoxy) is 1. The normalized spacial score (nSPS) is 26.2. The van der Waals surface area contributed by atoms with Crippen molar-refractivity contribution in [1.82, 2.24) is 5.43 Å². The summed E-state index contributed by atoms with van der Waals surface area (Å²) in [5, 5.41) is 4.98. The number of carbonyl (C=O) groups is 1. The van der Waals surface area contributed by atoms with Gasteiger partial charge in [-0.1, -0.05) is 11.6 Å². The predicted molar refractivity (Wildman–Crippen MR) is 87.3 cm³/mol. The molecule has 1 aromatic carbocycles. The number of halogens is 1. The molecule has 22 heavy (non-hydrogen) atoms. The lowest BCUT2D eigenvalue weighted by molar-refractivity contribution is -0.127. The van der Waals surface area contributed by atoms with Crippen LogP contribution in [-0.2, 0) is 4.79 Å². The molecular weight excluding hydrogens is 300 g/mol. The minimum absolute atomic E-state index is 0.218. The van der Waals surface area contributed by atoms with Gasteiger partial charge in [0.2, 0.25) is 0 Å². The highest BCUT2D eigenvalue weighted by Gasteiger charge is 2.36. The molecule has 2 fully saturated rings. The van der Waals surface area contributed by atoms with Crippen LogP contribution >= 0.6 is 11.6 Å². The van der Waals surface area contributed by atoms with E-state index in [1.54, 1.807) is 19.1 Å². The number of hydrogen-bond acceptors (Lipinski definition) is 3. The van der Waals surface area contributed by atoms with Gasteiger partial charge in [-0.3, -0.25) is 4.79 Å². The number of nitrogens with zero attached hydrogens (tertiary/aromatic N) is 1. The highest BCUT2D eigenvalue weighted by molar-refractivity contribution is 6.30. The molecule has 0 spiro atoms. The van der Waals surface area contributed by atoms with Crippen LogP contribution in [0, 0.1) is 18.8 Å². The summed E-state index contributed by atoms with van der Waals surface area (Å²) in [5.74, 6) is 1.82. The number of amides is 1. The third-order valence-corrected chi connectivity index (χ3v) is 4.87. The number of benzene rings is 1. The summed E-state index contributed by atoms with van der Waals surface area (Å²) in [7, 11) is 0. The van der Waals surface area contributed by atoms with Crippen molar-refractivity contribution in [2.75, 3.05) is 0 Å². The molecule has 3 rings (SSSR count). The molecule has 5 heteroatoms. The van der Waals surface area contributed by atoms with Crippen molar-refractivity contribution in [3.63, 3.8) is 0 Å². The van der Waals surface area contributed by atoms with Crippen LogP contribution in [0.3, 0.4) is 0 Å². The number of fused-ring (bicyclic) bond motifs is 2. The zero-order valence-corrected chi connectivity index (χ0v) is 13.7. The molecule has 0 aliphatic heterocycles. The van der Waals surface area contributed by atoms with Crippen LogP contribution in [0.1, 0.15) is 38.2 Å². The van der Waals surface area contributed by atoms with Gasteiger partial charge in [-0.25, -0.2) is 5.43 Å². The minimum Gasteiger partial charge on any atom is -0.481 e. The van der Waals surface area contributed by atoms with E-state index in [0.29, 0.717) is 16.7 Å². The fraction of sp³-hybridized carbons (Fsp3) is 0.529. The molecule has 1 N–H and O–H groups in total. The predicted octanol–water partition coefficient (Wildman–Crippen LogP) is 3.71. The van der Waals surface area contributed by atoms with Gasteiger partial charge in [0.05, 0.1) is 0 Å². The third kappa shape index (κ3) is 3.27. The fourth-order valence-corrected chi connectivity index (χ4v) is 3.60. The van der Waals surface area contributed by atoms with Gasteiger partial charge in [0.1, 0.15) is 5.75 Å². The summed E-state index contributed by atoms with van der Waals surface area (Å²) < 4.78 is 5.70. The second-order valence-electron chi connectivity index (χ2n) is 6.33. The van der Waals surface area contributed by atoms with E-state index in [1.807, 2.05) is 13.0 Å². The average Bonchev–Trinajstić information content (AvgIpc) is 3.10. The largest absolute Gasteiger partial charge is 0.481 e. The van der Waals surface area contributed by atoms with Crippen LogP contribution in [0.15, 0.2) is 23.3 Å². The van der Waals surface area contributed by atoms with Crippen molar-refractivity contribution in [3.8, 4) is 5.75 Å². The first-order chi connectivity index (χ1) is 10.5. The molecule has 2 aliphatic rings.